The highest BCUT2D eigenvalue weighted by Gasteiger charge is 2.37. The molecule has 8 heteroatoms. The topological polar surface area (TPSA) is 118 Å². The summed E-state index contributed by atoms with van der Waals surface area (Å²) in [6, 6.07) is 17.0. The average Bonchev–Trinajstić information content (AvgIpc) is 3.00. The fourth-order valence-corrected chi connectivity index (χ4v) is 5.97. The van der Waals surface area contributed by atoms with Crippen LogP contribution in [0.2, 0.25) is 6.82 Å². The van der Waals surface area contributed by atoms with E-state index in [1.807, 2.05) is 0 Å². The van der Waals surface area contributed by atoms with E-state index in [1.165, 1.54) is 23.5 Å². The van der Waals surface area contributed by atoms with Gasteiger partial charge in [0.2, 0.25) is 0 Å². The molecule has 0 bridgehead atoms. The summed E-state index contributed by atoms with van der Waals surface area (Å²) in [6.45, 7) is 19.0. The molecular formula is C35H51BN6O. The normalized spacial score (nSPS) is 21.5. The van der Waals surface area contributed by atoms with Gasteiger partial charge in [-0.3, -0.25) is 0 Å². The number of hydrogen-bond donors (Lipinski definition) is 1. The molecule has 2 saturated carbocycles. The van der Waals surface area contributed by atoms with Crippen LogP contribution in [0, 0.1) is 5.92 Å². The number of azide groups is 2. The minimum atomic E-state index is -0.443. The first-order valence-electron chi connectivity index (χ1n) is 15.5. The zero-order valence-corrected chi connectivity index (χ0v) is 27.5. The van der Waals surface area contributed by atoms with Crippen LogP contribution in [0.3, 0.4) is 0 Å². The number of aliphatic hydroxyl groups excluding tert-OH is 1. The molecule has 0 unspecified atom stereocenters. The summed E-state index contributed by atoms with van der Waals surface area (Å²) in [5, 5.41) is 17.7. The van der Waals surface area contributed by atoms with Gasteiger partial charge < -0.3 is 5.11 Å². The quantitative estimate of drug-likeness (QED) is 0.122. The molecule has 230 valence electrons. The molecule has 0 aromatic heterocycles. The van der Waals surface area contributed by atoms with E-state index in [0.717, 1.165) is 62.5 Å². The SMILES string of the molecule is C=C1CCC(N=[N+]=[N-])(c2cccc(C(C)(C)C)c2)CC1.CC(C)(C)c1cccc(C2(N=[N+]=[N-])CCC(CO)CC2)c1.[B]C. The Morgan fingerprint density at radius 1 is 0.791 bits per heavy atom. The Morgan fingerprint density at radius 3 is 1.53 bits per heavy atom. The molecule has 7 nitrogen and oxygen atoms in total. The van der Waals surface area contributed by atoms with Crippen molar-refractivity contribution in [3.8, 4) is 0 Å². The fourth-order valence-electron chi connectivity index (χ4n) is 5.97. The minimum Gasteiger partial charge on any atom is -0.396 e. The largest absolute Gasteiger partial charge is 0.396 e. The number of rotatable bonds is 5. The molecule has 2 fully saturated rings. The van der Waals surface area contributed by atoms with E-state index >= 15 is 0 Å². The molecule has 2 aliphatic rings. The van der Waals surface area contributed by atoms with Crippen molar-refractivity contribution in [1.82, 2.24) is 0 Å². The molecule has 2 aromatic carbocycles. The van der Waals surface area contributed by atoms with Crippen LogP contribution in [0.25, 0.3) is 20.9 Å². The second kappa shape index (κ2) is 15.5. The molecule has 2 aromatic rings. The molecular weight excluding hydrogens is 531 g/mol. The van der Waals surface area contributed by atoms with Gasteiger partial charge >= 0.3 is 0 Å². The van der Waals surface area contributed by atoms with Crippen LogP contribution >= 0.6 is 0 Å². The highest BCUT2D eigenvalue weighted by molar-refractivity contribution is 6.05. The highest BCUT2D eigenvalue weighted by Crippen LogP contribution is 2.44. The summed E-state index contributed by atoms with van der Waals surface area (Å²) in [5.74, 6) is 0.345. The van der Waals surface area contributed by atoms with Crippen molar-refractivity contribution in [2.45, 2.75) is 122 Å². The maximum atomic E-state index is 9.31. The molecule has 0 amide bonds. The number of aliphatic hydroxyl groups is 1. The predicted octanol–water partition coefficient (Wildman–Crippen LogP) is 10.5. The Morgan fingerprint density at radius 2 is 1.19 bits per heavy atom. The number of hydrogen-bond acceptors (Lipinski definition) is 3. The van der Waals surface area contributed by atoms with Crippen LogP contribution in [0.4, 0.5) is 0 Å². The monoisotopic (exact) mass is 582 g/mol. The average molecular weight is 583 g/mol. The number of benzene rings is 2. The Kier molecular flexibility index (Phi) is 13.0. The molecule has 0 atom stereocenters. The predicted molar refractivity (Wildman–Crippen MR) is 180 cm³/mol. The first-order valence-corrected chi connectivity index (χ1v) is 15.5. The molecule has 0 aliphatic heterocycles. The Hall–Kier alpha value is -3.18. The van der Waals surface area contributed by atoms with E-state index in [0.29, 0.717) is 5.92 Å². The van der Waals surface area contributed by atoms with Gasteiger partial charge in [0.25, 0.3) is 0 Å². The van der Waals surface area contributed by atoms with Crippen molar-refractivity contribution in [2.24, 2.45) is 16.1 Å². The first kappa shape index (κ1) is 36.0. The maximum Gasteiger partial charge on any atom is 0.0744 e. The van der Waals surface area contributed by atoms with Crippen molar-refractivity contribution in [3.05, 3.63) is 104 Å². The Labute approximate surface area is 260 Å². The van der Waals surface area contributed by atoms with Crippen LogP contribution in [0.5, 0.6) is 0 Å². The summed E-state index contributed by atoms with van der Waals surface area (Å²) in [5.41, 5.74) is 23.4. The third-order valence-corrected chi connectivity index (χ3v) is 8.98. The van der Waals surface area contributed by atoms with Crippen molar-refractivity contribution < 1.29 is 5.11 Å². The number of nitrogens with zero attached hydrogens (tertiary/aromatic N) is 6. The molecule has 43 heavy (non-hydrogen) atoms. The summed E-state index contributed by atoms with van der Waals surface area (Å²) >= 11 is 0. The van der Waals surface area contributed by atoms with Gasteiger partial charge in [0.05, 0.1) is 18.9 Å². The van der Waals surface area contributed by atoms with Crippen LogP contribution in [-0.2, 0) is 21.9 Å². The standard InChI is InChI=1S/C17H25N3O.C17H23N3.CH3B/c1-16(2,3)14-5-4-6-15(11-14)17(19-20-18)9-7-13(12-21)8-10-17;1-13-8-10-17(11-9-13,19-20-18)15-7-5-6-14(12-15)16(2,3)4;1-2/h4-6,11,13,21H,7-10,12H2,1-3H3;5-7,12H,1,8-11H2,2-4H3;1H3. The van der Waals surface area contributed by atoms with Gasteiger partial charge in [-0.05, 0) is 101 Å². The number of allylic oxidation sites excluding steroid dienone is 1. The molecule has 0 saturated heterocycles. The lowest BCUT2D eigenvalue weighted by atomic mass is 9.72. The third kappa shape index (κ3) is 9.40. The van der Waals surface area contributed by atoms with Gasteiger partial charge in [0.1, 0.15) is 0 Å². The second-order valence-electron chi connectivity index (χ2n) is 14.0. The van der Waals surface area contributed by atoms with Crippen LogP contribution in [0.1, 0.15) is 115 Å². The van der Waals surface area contributed by atoms with Crippen LogP contribution in [-0.4, -0.2) is 19.6 Å². The molecule has 4 rings (SSSR count). The van der Waals surface area contributed by atoms with Crippen molar-refractivity contribution >= 4 is 7.85 Å². The van der Waals surface area contributed by atoms with E-state index < -0.39 is 11.1 Å². The van der Waals surface area contributed by atoms with Crippen LogP contribution in [0.15, 0.2) is 70.9 Å². The third-order valence-electron chi connectivity index (χ3n) is 8.98. The lowest BCUT2D eigenvalue weighted by Gasteiger charge is -2.37. The summed E-state index contributed by atoms with van der Waals surface area (Å²) in [7, 11) is 4.50. The second-order valence-corrected chi connectivity index (χ2v) is 14.0. The Bertz CT molecular complexity index is 1290. The lowest BCUT2D eigenvalue weighted by molar-refractivity contribution is 0.153. The van der Waals surface area contributed by atoms with E-state index in [1.54, 1.807) is 0 Å². The van der Waals surface area contributed by atoms with E-state index in [-0.39, 0.29) is 17.4 Å². The smallest absolute Gasteiger partial charge is 0.0744 e. The minimum absolute atomic E-state index is 0.0792. The van der Waals surface area contributed by atoms with Gasteiger partial charge in [-0.15, -0.1) is 0 Å². The summed E-state index contributed by atoms with van der Waals surface area (Å²) in [6.07, 6.45) is 7.07. The molecule has 0 spiro atoms. The molecule has 2 aliphatic carbocycles. The van der Waals surface area contributed by atoms with E-state index in [4.69, 9.17) is 11.1 Å². The molecule has 1 N–H and O–H groups in total. The van der Waals surface area contributed by atoms with Crippen molar-refractivity contribution in [3.63, 3.8) is 0 Å². The van der Waals surface area contributed by atoms with Crippen molar-refractivity contribution in [1.29, 1.82) is 0 Å². The van der Waals surface area contributed by atoms with Gasteiger partial charge in [-0.25, -0.2) is 0 Å². The zero-order chi connectivity index (χ0) is 32.3. The lowest BCUT2D eigenvalue weighted by Crippen LogP contribution is -2.31. The van der Waals surface area contributed by atoms with Gasteiger partial charge in [-0.2, -0.15) is 0 Å². The molecule has 2 radical (unpaired) electrons. The van der Waals surface area contributed by atoms with Gasteiger partial charge in [0, 0.05) is 16.4 Å². The summed E-state index contributed by atoms with van der Waals surface area (Å²) < 4.78 is 0. The van der Waals surface area contributed by atoms with Crippen molar-refractivity contribution in [2.75, 3.05) is 6.61 Å². The van der Waals surface area contributed by atoms with Crippen LogP contribution < -0.4 is 0 Å². The van der Waals surface area contributed by atoms with E-state index in [2.05, 4.69) is 125 Å². The van der Waals surface area contributed by atoms with E-state index in [9.17, 15) is 5.11 Å². The first-order chi connectivity index (χ1) is 20.3. The maximum absolute atomic E-state index is 9.31. The fraction of sp³-hybridized carbons (Fsp3) is 0.600. The molecule has 0 heterocycles. The summed E-state index contributed by atoms with van der Waals surface area (Å²) in [4.78, 5) is 6.23. The Balaban J connectivity index is 0.000000284. The highest BCUT2D eigenvalue weighted by atomic mass is 16.3. The van der Waals surface area contributed by atoms with Gasteiger partial charge in [0.15, 0.2) is 0 Å². The van der Waals surface area contributed by atoms with Gasteiger partial charge in [-0.1, -0.05) is 119 Å². The zero-order valence-electron chi connectivity index (χ0n) is 27.5.